The Labute approximate surface area is 174 Å². The summed E-state index contributed by atoms with van der Waals surface area (Å²) in [6, 6.07) is 28.4. The van der Waals surface area contributed by atoms with Crippen molar-refractivity contribution in [2.75, 3.05) is 7.11 Å². The highest BCUT2D eigenvalue weighted by atomic mass is 16.5. The van der Waals surface area contributed by atoms with Gasteiger partial charge in [-0.05, 0) is 48.0 Å². The summed E-state index contributed by atoms with van der Waals surface area (Å²) in [5.41, 5.74) is 6.22. The zero-order valence-electron chi connectivity index (χ0n) is 16.4. The molecular formula is C24H20N4O2. The van der Waals surface area contributed by atoms with Crippen LogP contribution in [0.2, 0.25) is 0 Å². The zero-order chi connectivity index (χ0) is 20.8. The smallest absolute Gasteiger partial charge is 0.290 e. The van der Waals surface area contributed by atoms with Crippen molar-refractivity contribution in [3.63, 3.8) is 0 Å². The first kappa shape index (κ1) is 19.1. The van der Waals surface area contributed by atoms with Gasteiger partial charge in [0.25, 0.3) is 5.91 Å². The number of hydrogen-bond donors (Lipinski definition) is 1. The van der Waals surface area contributed by atoms with Gasteiger partial charge in [-0.2, -0.15) is 10.2 Å². The Bertz CT molecular complexity index is 1150. The maximum atomic E-state index is 12.9. The summed E-state index contributed by atoms with van der Waals surface area (Å²) in [7, 11) is 1.62. The highest BCUT2D eigenvalue weighted by Crippen LogP contribution is 2.24. The van der Waals surface area contributed by atoms with Crippen LogP contribution in [0, 0.1) is 0 Å². The molecule has 4 rings (SSSR count). The highest BCUT2D eigenvalue weighted by molar-refractivity contribution is 5.95. The topological polar surface area (TPSA) is 68.5 Å². The van der Waals surface area contributed by atoms with E-state index < -0.39 is 0 Å². The number of methoxy groups -OCH3 is 1. The van der Waals surface area contributed by atoms with E-state index in [1.54, 1.807) is 24.1 Å². The fourth-order valence-corrected chi connectivity index (χ4v) is 2.97. The summed E-state index contributed by atoms with van der Waals surface area (Å²) >= 11 is 0. The number of amides is 1. The molecule has 6 nitrogen and oxygen atoms in total. The van der Waals surface area contributed by atoms with E-state index >= 15 is 0 Å². The summed E-state index contributed by atoms with van der Waals surface area (Å²) in [6.45, 7) is 0. The molecule has 0 aliphatic heterocycles. The van der Waals surface area contributed by atoms with Gasteiger partial charge >= 0.3 is 0 Å². The Morgan fingerprint density at radius 1 is 0.967 bits per heavy atom. The maximum Gasteiger partial charge on any atom is 0.290 e. The number of carbonyl (C=O) groups is 1. The number of benzene rings is 3. The number of para-hydroxylation sites is 1. The van der Waals surface area contributed by atoms with Crippen molar-refractivity contribution in [2.45, 2.75) is 0 Å². The Balaban J connectivity index is 1.65. The van der Waals surface area contributed by atoms with Crippen LogP contribution in [0.25, 0.3) is 16.9 Å². The Hall–Kier alpha value is -4.19. The van der Waals surface area contributed by atoms with E-state index in [0.717, 1.165) is 22.6 Å². The predicted octanol–water partition coefficient (Wildman–Crippen LogP) is 4.31. The molecule has 3 aromatic carbocycles. The van der Waals surface area contributed by atoms with Crippen LogP contribution < -0.4 is 10.2 Å². The first-order valence-electron chi connectivity index (χ1n) is 9.43. The first-order chi connectivity index (χ1) is 14.7. The van der Waals surface area contributed by atoms with E-state index in [-0.39, 0.29) is 5.91 Å². The second-order valence-electron chi connectivity index (χ2n) is 6.50. The molecule has 1 N–H and O–H groups in total. The minimum absolute atomic E-state index is 0.349. The van der Waals surface area contributed by atoms with E-state index in [9.17, 15) is 4.79 Å². The highest BCUT2D eigenvalue weighted by Gasteiger charge is 2.17. The Morgan fingerprint density at radius 3 is 2.30 bits per heavy atom. The number of nitrogens with one attached hydrogen (secondary N) is 1. The minimum atomic E-state index is -0.349. The number of carbonyl (C=O) groups excluding carboxylic acids is 1. The molecule has 4 aromatic rings. The molecule has 0 bridgehead atoms. The monoisotopic (exact) mass is 396 g/mol. The van der Waals surface area contributed by atoms with Crippen molar-refractivity contribution >= 4 is 12.1 Å². The quantitative estimate of drug-likeness (QED) is 0.390. The van der Waals surface area contributed by atoms with E-state index in [2.05, 4.69) is 15.6 Å². The average Bonchev–Trinajstić information content (AvgIpc) is 3.26. The largest absolute Gasteiger partial charge is 0.497 e. The molecule has 0 unspecified atom stereocenters. The second kappa shape index (κ2) is 8.87. The molecule has 0 aliphatic carbocycles. The zero-order valence-corrected chi connectivity index (χ0v) is 16.4. The fraction of sp³-hybridized carbons (Fsp3) is 0.0417. The lowest BCUT2D eigenvalue weighted by molar-refractivity contribution is 0.0947. The summed E-state index contributed by atoms with van der Waals surface area (Å²) in [5.74, 6) is 0.410. The maximum absolute atomic E-state index is 12.9. The molecule has 0 spiro atoms. The summed E-state index contributed by atoms with van der Waals surface area (Å²) in [5, 5.41) is 8.73. The molecule has 148 valence electrons. The molecule has 0 radical (unpaired) electrons. The second-order valence-corrected chi connectivity index (χ2v) is 6.50. The van der Waals surface area contributed by atoms with Gasteiger partial charge in [-0.3, -0.25) is 4.79 Å². The lowest BCUT2D eigenvalue weighted by Crippen LogP contribution is -2.21. The van der Waals surface area contributed by atoms with Crippen molar-refractivity contribution < 1.29 is 9.53 Å². The molecule has 1 heterocycles. The van der Waals surface area contributed by atoms with Crippen molar-refractivity contribution in [3.8, 4) is 22.7 Å². The van der Waals surface area contributed by atoms with Crippen molar-refractivity contribution in [3.05, 3.63) is 102 Å². The summed E-state index contributed by atoms with van der Waals surface area (Å²) in [4.78, 5) is 12.9. The Morgan fingerprint density at radius 2 is 1.63 bits per heavy atom. The molecule has 0 aliphatic rings. The van der Waals surface area contributed by atoms with Crippen LogP contribution in [-0.4, -0.2) is 29.0 Å². The van der Waals surface area contributed by atoms with Crippen molar-refractivity contribution in [1.29, 1.82) is 0 Å². The number of rotatable bonds is 6. The van der Waals surface area contributed by atoms with Crippen molar-refractivity contribution in [2.24, 2.45) is 5.10 Å². The Kier molecular flexibility index (Phi) is 5.66. The number of hydrogen-bond acceptors (Lipinski definition) is 4. The SMILES string of the molecule is COc1ccc(-c2cc(C(=O)N/N=C/c3ccccc3)n(-c3ccccc3)n2)cc1. The molecule has 1 aromatic heterocycles. The van der Waals surface area contributed by atoms with Gasteiger partial charge in [0.05, 0.1) is 24.7 Å². The van der Waals surface area contributed by atoms with Gasteiger partial charge in [-0.15, -0.1) is 0 Å². The van der Waals surface area contributed by atoms with Crippen LogP contribution in [0.3, 0.4) is 0 Å². The van der Waals surface area contributed by atoms with Crippen LogP contribution in [0.1, 0.15) is 16.1 Å². The summed E-state index contributed by atoms with van der Waals surface area (Å²) < 4.78 is 6.83. The molecule has 6 heteroatoms. The molecule has 1 amide bonds. The van der Waals surface area contributed by atoms with E-state index in [4.69, 9.17) is 4.74 Å². The van der Waals surface area contributed by atoms with Gasteiger partial charge in [0.2, 0.25) is 0 Å². The van der Waals surface area contributed by atoms with Crippen LogP contribution in [0.4, 0.5) is 0 Å². The molecule has 30 heavy (non-hydrogen) atoms. The molecule has 0 saturated carbocycles. The van der Waals surface area contributed by atoms with E-state index in [0.29, 0.717) is 11.4 Å². The van der Waals surface area contributed by atoms with Gasteiger partial charge < -0.3 is 4.74 Å². The van der Waals surface area contributed by atoms with E-state index in [1.807, 2.05) is 84.9 Å². The van der Waals surface area contributed by atoms with Gasteiger partial charge in [0.15, 0.2) is 0 Å². The van der Waals surface area contributed by atoms with Crippen LogP contribution in [-0.2, 0) is 0 Å². The number of hydrazone groups is 1. The average molecular weight is 396 g/mol. The third kappa shape index (κ3) is 4.28. The predicted molar refractivity (Wildman–Crippen MR) is 117 cm³/mol. The van der Waals surface area contributed by atoms with E-state index in [1.165, 1.54) is 0 Å². The third-order valence-corrected chi connectivity index (χ3v) is 4.51. The number of ether oxygens (including phenoxy) is 1. The summed E-state index contributed by atoms with van der Waals surface area (Å²) in [6.07, 6.45) is 1.60. The van der Waals surface area contributed by atoms with Gasteiger partial charge in [0, 0.05) is 5.56 Å². The standard InChI is InChI=1S/C24H20N4O2/c1-30-21-14-12-19(13-15-21)22-16-23(28(27-22)20-10-6-3-7-11-20)24(29)26-25-17-18-8-4-2-5-9-18/h2-17H,1H3,(H,26,29)/b25-17+. The lowest BCUT2D eigenvalue weighted by atomic mass is 10.1. The van der Waals surface area contributed by atoms with Gasteiger partial charge in [0.1, 0.15) is 11.4 Å². The lowest BCUT2D eigenvalue weighted by Gasteiger charge is -2.06. The van der Waals surface area contributed by atoms with Crippen LogP contribution in [0.15, 0.2) is 96.1 Å². The molecule has 0 fully saturated rings. The normalized spacial score (nSPS) is 10.8. The fourth-order valence-electron chi connectivity index (χ4n) is 2.97. The van der Waals surface area contributed by atoms with Crippen LogP contribution in [0.5, 0.6) is 5.75 Å². The molecule has 0 saturated heterocycles. The minimum Gasteiger partial charge on any atom is -0.497 e. The number of nitrogens with zero attached hydrogens (tertiary/aromatic N) is 3. The number of aromatic nitrogens is 2. The van der Waals surface area contributed by atoms with Gasteiger partial charge in [-0.25, -0.2) is 10.1 Å². The first-order valence-corrected chi connectivity index (χ1v) is 9.43. The molecule has 0 atom stereocenters. The molecular weight excluding hydrogens is 376 g/mol. The van der Waals surface area contributed by atoms with Gasteiger partial charge in [-0.1, -0.05) is 48.5 Å². The van der Waals surface area contributed by atoms with Crippen LogP contribution >= 0.6 is 0 Å². The third-order valence-electron chi connectivity index (χ3n) is 4.51. The van der Waals surface area contributed by atoms with Crippen molar-refractivity contribution in [1.82, 2.24) is 15.2 Å².